The molecule has 1 aromatic heterocycles. The number of ether oxygens (including phenoxy) is 2. The first-order valence-electron chi connectivity index (χ1n) is 13.0. The molecule has 2 N–H and O–H groups in total. The van der Waals surface area contributed by atoms with E-state index < -0.39 is 36.2 Å². The highest BCUT2D eigenvalue weighted by Gasteiger charge is 2.60. The van der Waals surface area contributed by atoms with Gasteiger partial charge in [0, 0.05) is 41.4 Å². The molecule has 4 heterocycles. The minimum absolute atomic E-state index is 0.00316. The van der Waals surface area contributed by atoms with Crippen LogP contribution in [-0.4, -0.2) is 92.3 Å². The zero-order chi connectivity index (χ0) is 28.3. The van der Waals surface area contributed by atoms with E-state index in [9.17, 15) is 24.6 Å². The molecule has 3 aliphatic heterocycles. The number of likely N-dealkylation sites (tertiary alicyclic amines) is 1. The van der Waals surface area contributed by atoms with E-state index >= 15 is 0 Å². The summed E-state index contributed by atoms with van der Waals surface area (Å²) in [6.07, 6.45) is 4.75. The molecular formula is C28H35N3O7S. The quantitative estimate of drug-likeness (QED) is 0.239. The largest absolute Gasteiger partial charge is 0.457 e. The van der Waals surface area contributed by atoms with Crippen molar-refractivity contribution in [2.24, 2.45) is 11.8 Å². The van der Waals surface area contributed by atoms with Crippen molar-refractivity contribution in [3.63, 3.8) is 0 Å². The van der Waals surface area contributed by atoms with Crippen molar-refractivity contribution in [1.29, 1.82) is 0 Å². The van der Waals surface area contributed by atoms with Crippen LogP contribution >= 0.6 is 11.8 Å². The second kappa shape index (κ2) is 12.4. The van der Waals surface area contributed by atoms with Crippen LogP contribution in [0.25, 0.3) is 0 Å². The molecule has 0 aliphatic carbocycles. The van der Waals surface area contributed by atoms with E-state index in [1.54, 1.807) is 19.3 Å². The predicted molar refractivity (Wildman–Crippen MR) is 145 cm³/mol. The number of amides is 2. The Bertz CT molecular complexity index is 1140. The van der Waals surface area contributed by atoms with Gasteiger partial charge in [0.15, 0.2) is 0 Å². The number of aliphatic hydroxyl groups is 2. The Morgan fingerprint density at radius 2 is 1.87 bits per heavy atom. The van der Waals surface area contributed by atoms with Gasteiger partial charge in [0.05, 0.1) is 30.2 Å². The van der Waals surface area contributed by atoms with E-state index in [-0.39, 0.29) is 48.6 Å². The molecule has 210 valence electrons. The van der Waals surface area contributed by atoms with E-state index in [1.165, 1.54) is 33.7 Å². The fourth-order valence-corrected chi connectivity index (χ4v) is 7.18. The smallest absolute Gasteiger partial charge is 0.410 e. The number of hydrogen-bond acceptors (Lipinski definition) is 9. The molecule has 0 spiro atoms. The second-order valence-electron chi connectivity index (χ2n) is 10.0. The number of carbonyl (C=O) groups excluding carboxylic acids is 3. The van der Waals surface area contributed by atoms with E-state index in [1.807, 2.05) is 19.1 Å². The average molecular weight is 558 g/mol. The summed E-state index contributed by atoms with van der Waals surface area (Å²) in [7, 11) is 0. The Morgan fingerprint density at radius 1 is 1.21 bits per heavy atom. The Morgan fingerprint density at radius 3 is 2.51 bits per heavy atom. The van der Waals surface area contributed by atoms with Gasteiger partial charge < -0.3 is 29.5 Å². The number of thioether (sulfide) groups is 1. The summed E-state index contributed by atoms with van der Waals surface area (Å²) >= 11 is 1.42. The molecule has 2 saturated heterocycles. The van der Waals surface area contributed by atoms with E-state index in [0.717, 1.165) is 5.56 Å². The first kappa shape index (κ1) is 28.8. The summed E-state index contributed by atoms with van der Waals surface area (Å²) in [5.74, 6) is -1.77. The first-order valence-corrected chi connectivity index (χ1v) is 13.9. The topological polar surface area (TPSA) is 130 Å². The number of hydrogen-bond donors (Lipinski definition) is 2. The lowest BCUT2D eigenvalue weighted by molar-refractivity contribution is -0.164. The molecule has 10 nitrogen and oxygen atoms in total. The van der Waals surface area contributed by atoms with Crippen LogP contribution in [0.4, 0.5) is 4.79 Å². The molecular weight excluding hydrogens is 522 g/mol. The highest BCUT2D eigenvalue weighted by molar-refractivity contribution is 8.03. The van der Waals surface area contributed by atoms with Crippen molar-refractivity contribution in [2.75, 3.05) is 19.8 Å². The molecule has 1 aromatic rings. The van der Waals surface area contributed by atoms with Crippen LogP contribution in [0.15, 0.2) is 60.4 Å². The Labute approximate surface area is 232 Å². The number of nitrogens with zero attached hydrogens (tertiary/aromatic N) is 3. The third-order valence-corrected chi connectivity index (χ3v) is 8.92. The van der Waals surface area contributed by atoms with Crippen molar-refractivity contribution >= 4 is 29.7 Å². The summed E-state index contributed by atoms with van der Waals surface area (Å²) < 4.78 is 10.6. The Balaban J connectivity index is 1.59. The third kappa shape index (κ3) is 5.75. The van der Waals surface area contributed by atoms with Gasteiger partial charge in [0.2, 0.25) is 5.91 Å². The average Bonchev–Trinajstić information content (AvgIpc) is 3.44. The van der Waals surface area contributed by atoms with E-state index in [4.69, 9.17) is 9.47 Å². The van der Waals surface area contributed by atoms with Crippen LogP contribution in [-0.2, 0) is 25.5 Å². The number of aliphatic hydroxyl groups excluding tert-OH is 2. The van der Waals surface area contributed by atoms with Crippen molar-refractivity contribution in [2.45, 2.75) is 56.2 Å². The molecule has 0 radical (unpaired) electrons. The van der Waals surface area contributed by atoms with Crippen LogP contribution in [0.5, 0.6) is 0 Å². The molecule has 0 saturated carbocycles. The summed E-state index contributed by atoms with van der Waals surface area (Å²) in [6, 6.07) is 2.76. The minimum atomic E-state index is -0.859. The summed E-state index contributed by atoms with van der Waals surface area (Å²) in [6.45, 7) is 11.0. The molecule has 2 fully saturated rings. The van der Waals surface area contributed by atoms with Crippen LogP contribution in [0.1, 0.15) is 25.8 Å². The monoisotopic (exact) mass is 557 g/mol. The number of esters is 1. The molecule has 4 rings (SSSR count). The summed E-state index contributed by atoms with van der Waals surface area (Å²) in [5, 5.41) is 21.2. The molecule has 1 unspecified atom stereocenters. The minimum Gasteiger partial charge on any atom is -0.457 e. The van der Waals surface area contributed by atoms with Gasteiger partial charge in [0.1, 0.15) is 18.9 Å². The predicted octanol–water partition coefficient (Wildman–Crippen LogP) is 2.28. The van der Waals surface area contributed by atoms with Gasteiger partial charge >= 0.3 is 12.1 Å². The number of carbonyl (C=O) groups is 3. The summed E-state index contributed by atoms with van der Waals surface area (Å²) in [5.41, 5.74) is 1.07. The third-order valence-electron chi connectivity index (χ3n) is 7.43. The lowest BCUT2D eigenvalue weighted by Gasteiger charge is -2.46. The van der Waals surface area contributed by atoms with Gasteiger partial charge in [-0.3, -0.25) is 9.78 Å². The van der Waals surface area contributed by atoms with Crippen LogP contribution < -0.4 is 0 Å². The molecule has 2 amide bonds. The number of β-lactam (4-membered cyclic amide) rings is 1. The van der Waals surface area contributed by atoms with Crippen LogP contribution in [0.2, 0.25) is 0 Å². The SMILES string of the molecule is C=CCOC(=O)C1=C(S[C@H]2C[C@@H](C(O)Cc3ccncc3)N(C(=O)OCC=C)C2)[C@H](C)[C@@H]2[C@@H]([C@@H](C)O)C(=O)N12. The lowest BCUT2D eigenvalue weighted by atomic mass is 9.79. The van der Waals surface area contributed by atoms with Crippen LogP contribution in [0, 0.1) is 11.8 Å². The fraction of sp³-hybridized carbons (Fsp3) is 0.500. The molecule has 7 atom stereocenters. The number of aromatic nitrogens is 1. The number of fused-ring (bicyclic) bond motifs is 1. The number of pyridine rings is 1. The van der Waals surface area contributed by atoms with Crippen molar-refractivity contribution in [3.05, 3.63) is 66.0 Å². The zero-order valence-electron chi connectivity index (χ0n) is 22.1. The van der Waals surface area contributed by atoms with E-state index in [0.29, 0.717) is 17.7 Å². The molecule has 3 aliphatic rings. The van der Waals surface area contributed by atoms with Gasteiger partial charge in [-0.2, -0.15) is 0 Å². The highest BCUT2D eigenvalue weighted by atomic mass is 32.2. The molecule has 39 heavy (non-hydrogen) atoms. The molecule has 0 bridgehead atoms. The van der Waals surface area contributed by atoms with Gasteiger partial charge in [-0.25, -0.2) is 9.59 Å². The van der Waals surface area contributed by atoms with E-state index in [2.05, 4.69) is 18.1 Å². The van der Waals surface area contributed by atoms with Crippen molar-refractivity contribution in [3.8, 4) is 0 Å². The van der Waals surface area contributed by atoms with Crippen molar-refractivity contribution in [1.82, 2.24) is 14.8 Å². The fourth-order valence-electron chi connectivity index (χ4n) is 5.65. The number of rotatable bonds is 11. The van der Waals surface area contributed by atoms with Crippen LogP contribution in [0.3, 0.4) is 0 Å². The van der Waals surface area contributed by atoms with Gasteiger partial charge in [0.25, 0.3) is 0 Å². The Kier molecular flexibility index (Phi) is 9.14. The summed E-state index contributed by atoms with van der Waals surface area (Å²) in [4.78, 5) is 46.6. The van der Waals surface area contributed by atoms with Crippen molar-refractivity contribution < 1.29 is 34.1 Å². The zero-order valence-corrected chi connectivity index (χ0v) is 23.0. The first-order chi connectivity index (χ1) is 18.7. The van der Waals surface area contributed by atoms with Gasteiger partial charge in [-0.05, 0) is 31.0 Å². The maximum Gasteiger partial charge on any atom is 0.410 e. The highest BCUT2D eigenvalue weighted by Crippen LogP contribution is 2.52. The van der Waals surface area contributed by atoms with Gasteiger partial charge in [-0.1, -0.05) is 32.2 Å². The second-order valence-corrected chi connectivity index (χ2v) is 11.4. The standard InChI is InChI=1S/C28H35N3O7S/c1-5-11-37-27(35)24-25(16(3)23-22(17(4)32)26(34)31(23)24)39-19-14-20(30(15-19)28(36)38-12-6-2)21(33)13-18-7-9-29-10-8-18/h5-10,16-17,19-23,32-33H,1-2,11-15H2,3-4H3/t16-,17-,19+,20+,21?,22-,23-/m1/s1. The van der Waals surface area contributed by atoms with Gasteiger partial charge in [-0.15, -0.1) is 11.8 Å². The molecule has 11 heteroatoms. The Hall–Kier alpha value is -3.15. The lowest BCUT2D eigenvalue weighted by Crippen LogP contribution is -2.63. The maximum atomic E-state index is 13.1. The maximum absolute atomic E-state index is 13.1. The normalized spacial score (nSPS) is 27.5. The molecule has 0 aromatic carbocycles.